The molecule has 88 valence electrons. The van der Waals surface area contributed by atoms with Gasteiger partial charge in [-0.25, -0.2) is 4.79 Å². The molecule has 15 heavy (non-hydrogen) atoms. The van der Waals surface area contributed by atoms with Gasteiger partial charge in [0, 0.05) is 6.54 Å². The van der Waals surface area contributed by atoms with Crippen LogP contribution in [-0.4, -0.2) is 29.4 Å². The van der Waals surface area contributed by atoms with Gasteiger partial charge in [-0.15, -0.1) is 0 Å². The van der Waals surface area contributed by atoms with E-state index in [0.29, 0.717) is 12.5 Å². The summed E-state index contributed by atoms with van der Waals surface area (Å²) in [5, 5.41) is 11.8. The molecule has 1 aliphatic rings. The zero-order chi connectivity index (χ0) is 11.5. The summed E-state index contributed by atoms with van der Waals surface area (Å²) in [6.07, 6.45) is 2.20. The first kappa shape index (κ1) is 12.3. The molecule has 0 aliphatic heterocycles. The zero-order valence-corrected chi connectivity index (χ0v) is 9.75. The average molecular weight is 215 g/mol. The Balaban J connectivity index is 2.02. The second-order valence-corrected chi connectivity index (χ2v) is 5.21. The number of aliphatic hydroxyl groups excluding tert-OH is 1. The van der Waals surface area contributed by atoms with Crippen LogP contribution >= 0.6 is 0 Å². The highest BCUT2D eigenvalue weighted by Crippen LogP contribution is 2.29. The molecular formula is C11H21NO3. The van der Waals surface area contributed by atoms with E-state index in [9.17, 15) is 4.79 Å². The van der Waals surface area contributed by atoms with E-state index in [1.165, 1.54) is 0 Å². The number of alkyl carbamates (subject to hydrolysis) is 1. The molecule has 1 fully saturated rings. The summed E-state index contributed by atoms with van der Waals surface area (Å²) in [7, 11) is 0. The predicted molar refractivity (Wildman–Crippen MR) is 57.6 cm³/mol. The highest BCUT2D eigenvalue weighted by atomic mass is 16.6. The fraction of sp³-hybridized carbons (Fsp3) is 0.909. The minimum atomic E-state index is -0.434. The lowest BCUT2D eigenvalue weighted by molar-refractivity contribution is 0.0364. The first-order valence-electron chi connectivity index (χ1n) is 5.52. The van der Waals surface area contributed by atoms with Crippen molar-refractivity contribution in [2.45, 2.75) is 51.7 Å². The Kier molecular flexibility index (Phi) is 3.97. The molecule has 0 aromatic heterocycles. The van der Waals surface area contributed by atoms with Gasteiger partial charge in [0.05, 0.1) is 6.10 Å². The van der Waals surface area contributed by atoms with Crippen LogP contribution in [0, 0.1) is 5.92 Å². The second kappa shape index (κ2) is 4.84. The molecule has 1 saturated carbocycles. The smallest absolute Gasteiger partial charge is 0.407 e. The summed E-state index contributed by atoms with van der Waals surface area (Å²) in [5.74, 6) is 0.565. The van der Waals surface area contributed by atoms with Crippen molar-refractivity contribution >= 4 is 6.09 Å². The molecule has 0 unspecified atom stereocenters. The van der Waals surface area contributed by atoms with Gasteiger partial charge in [-0.3, -0.25) is 0 Å². The molecular weight excluding hydrogens is 194 g/mol. The molecule has 4 nitrogen and oxygen atoms in total. The number of aliphatic hydroxyl groups is 1. The molecule has 1 aliphatic carbocycles. The Hall–Kier alpha value is -0.770. The van der Waals surface area contributed by atoms with Gasteiger partial charge >= 0.3 is 6.09 Å². The van der Waals surface area contributed by atoms with Gasteiger partial charge in [-0.1, -0.05) is 0 Å². The molecule has 0 saturated heterocycles. The lowest BCUT2D eigenvalue weighted by Crippen LogP contribution is -2.35. The van der Waals surface area contributed by atoms with E-state index in [-0.39, 0.29) is 12.2 Å². The largest absolute Gasteiger partial charge is 0.444 e. The second-order valence-electron chi connectivity index (χ2n) is 5.21. The van der Waals surface area contributed by atoms with E-state index < -0.39 is 5.60 Å². The van der Waals surface area contributed by atoms with Crippen molar-refractivity contribution in [2.24, 2.45) is 5.92 Å². The van der Waals surface area contributed by atoms with Crippen LogP contribution in [0.5, 0.6) is 0 Å². The summed E-state index contributed by atoms with van der Waals surface area (Å²) in [6.45, 7) is 6.16. The monoisotopic (exact) mass is 215 g/mol. The zero-order valence-electron chi connectivity index (χ0n) is 9.75. The van der Waals surface area contributed by atoms with Crippen LogP contribution in [-0.2, 0) is 4.74 Å². The van der Waals surface area contributed by atoms with Gasteiger partial charge < -0.3 is 15.2 Å². The summed E-state index contributed by atoms with van der Waals surface area (Å²) >= 11 is 0. The van der Waals surface area contributed by atoms with Crippen molar-refractivity contribution in [1.29, 1.82) is 0 Å². The van der Waals surface area contributed by atoms with E-state index in [1.807, 2.05) is 20.8 Å². The van der Waals surface area contributed by atoms with Crippen molar-refractivity contribution in [2.75, 3.05) is 6.54 Å². The van der Waals surface area contributed by atoms with Crippen LogP contribution in [0.1, 0.15) is 40.0 Å². The number of ether oxygens (including phenoxy) is 1. The Bertz CT molecular complexity index is 216. The quantitative estimate of drug-likeness (QED) is 0.753. The summed E-state index contributed by atoms with van der Waals surface area (Å²) < 4.78 is 5.09. The summed E-state index contributed by atoms with van der Waals surface area (Å²) in [5.41, 5.74) is -0.434. The third kappa shape index (κ3) is 5.02. The molecule has 0 aromatic rings. The van der Waals surface area contributed by atoms with Gasteiger partial charge in [-0.2, -0.15) is 0 Å². The van der Waals surface area contributed by atoms with Gasteiger partial charge in [-0.05, 0) is 46.0 Å². The van der Waals surface area contributed by atoms with Gasteiger partial charge in [0.15, 0.2) is 0 Å². The minimum absolute atomic E-state index is 0.114. The number of hydrogen-bond acceptors (Lipinski definition) is 3. The Morgan fingerprint density at radius 2 is 2.07 bits per heavy atom. The summed E-state index contributed by atoms with van der Waals surface area (Å²) in [6, 6.07) is 0. The Morgan fingerprint density at radius 3 is 2.53 bits per heavy atom. The van der Waals surface area contributed by atoms with E-state index in [2.05, 4.69) is 5.32 Å². The molecule has 0 atom stereocenters. The molecule has 4 heteroatoms. The third-order valence-corrected chi connectivity index (χ3v) is 2.43. The fourth-order valence-electron chi connectivity index (χ4n) is 1.63. The van der Waals surface area contributed by atoms with Crippen LogP contribution in [0.3, 0.4) is 0 Å². The van der Waals surface area contributed by atoms with Crippen LogP contribution in [0.15, 0.2) is 0 Å². The van der Waals surface area contributed by atoms with Gasteiger partial charge in [0.25, 0.3) is 0 Å². The Morgan fingerprint density at radius 1 is 1.47 bits per heavy atom. The number of carbonyl (C=O) groups is 1. The first-order valence-corrected chi connectivity index (χ1v) is 5.52. The van der Waals surface area contributed by atoms with Crippen LogP contribution < -0.4 is 5.32 Å². The number of amides is 1. The average Bonchev–Trinajstić information content (AvgIpc) is 1.97. The normalized spacial score (nSPS) is 25.6. The summed E-state index contributed by atoms with van der Waals surface area (Å²) in [4.78, 5) is 11.2. The van der Waals surface area contributed by atoms with Gasteiger partial charge in [0.2, 0.25) is 0 Å². The number of hydrogen-bond donors (Lipinski definition) is 2. The highest BCUT2D eigenvalue weighted by Gasteiger charge is 2.26. The molecule has 0 aromatic carbocycles. The van der Waals surface area contributed by atoms with Crippen molar-refractivity contribution in [3.63, 3.8) is 0 Å². The minimum Gasteiger partial charge on any atom is -0.444 e. The van der Waals surface area contributed by atoms with Gasteiger partial charge in [0.1, 0.15) is 5.60 Å². The van der Waals surface area contributed by atoms with E-state index in [1.54, 1.807) is 0 Å². The van der Waals surface area contributed by atoms with Crippen molar-refractivity contribution in [3.05, 3.63) is 0 Å². The number of nitrogens with one attached hydrogen (secondary N) is 1. The van der Waals surface area contributed by atoms with Crippen LogP contribution in [0.4, 0.5) is 4.79 Å². The SMILES string of the molecule is CC(C)(C)OC(=O)NCC[C@H]1C[C@H](O)C1. The van der Waals surface area contributed by atoms with E-state index >= 15 is 0 Å². The van der Waals surface area contributed by atoms with Crippen molar-refractivity contribution in [1.82, 2.24) is 5.32 Å². The first-order chi connectivity index (χ1) is 6.87. The van der Waals surface area contributed by atoms with Crippen molar-refractivity contribution in [3.8, 4) is 0 Å². The molecule has 0 heterocycles. The van der Waals surface area contributed by atoms with Crippen LogP contribution in [0.25, 0.3) is 0 Å². The predicted octanol–water partition coefficient (Wildman–Crippen LogP) is 1.67. The molecule has 0 bridgehead atoms. The topological polar surface area (TPSA) is 58.6 Å². The molecule has 0 spiro atoms. The molecule has 2 N–H and O–H groups in total. The highest BCUT2D eigenvalue weighted by molar-refractivity contribution is 5.67. The van der Waals surface area contributed by atoms with E-state index in [4.69, 9.17) is 9.84 Å². The van der Waals surface area contributed by atoms with E-state index in [0.717, 1.165) is 19.3 Å². The lowest BCUT2D eigenvalue weighted by atomic mass is 9.80. The Labute approximate surface area is 91.0 Å². The maximum atomic E-state index is 11.2. The standard InChI is InChI=1S/C11H21NO3/c1-11(2,3)15-10(14)12-5-4-8-6-9(13)7-8/h8-9,13H,4-7H2,1-3H3,(H,12,14)/t8-,9-. The van der Waals surface area contributed by atoms with Crippen molar-refractivity contribution < 1.29 is 14.6 Å². The fourth-order valence-corrected chi connectivity index (χ4v) is 1.63. The number of rotatable bonds is 3. The lowest BCUT2D eigenvalue weighted by Gasteiger charge is -2.31. The molecule has 0 radical (unpaired) electrons. The molecule has 1 amide bonds. The maximum absolute atomic E-state index is 11.2. The third-order valence-electron chi connectivity index (χ3n) is 2.43. The maximum Gasteiger partial charge on any atom is 0.407 e. The van der Waals surface area contributed by atoms with Crippen LogP contribution in [0.2, 0.25) is 0 Å². The number of carbonyl (C=O) groups excluding carboxylic acids is 1. The molecule has 1 rings (SSSR count).